The smallest absolute Gasteiger partial charge is 0.0296 e. The fourth-order valence-electron chi connectivity index (χ4n) is 2.03. The molecular formula is C7H14N2. The fraction of sp³-hybridized carbons (Fsp3) is 1.00. The van der Waals surface area contributed by atoms with Crippen LogP contribution in [-0.4, -0.2) is 30.1 Å². The Bertz CT molecular complexity index is 120. The molecule has 2 heterocycles. The van der Waals surface area contributed by atoms with E-state index in [1.165, 1.54) is 32.4 Å². The Labute approximate surface area is 56.0 Å². The molecular weight excluding hydrogens is 112 g/mol. The lowest BCUT2D eigenvalue weighted by Crippen LogP contribution is -2.46. The molecule has 2 saturated heterocycles. The average Bonchev–Trinajstić information content (AvgIpc) is 2.07. The molecule has 2 heteroatoms. The maximum Gasteiger partial charge on any atom is 0.0296 e. The van der Waals surface area contributed by atoms with Gasteiger partial charge in [0, 0.05) is 18.6 Å². The van der Waals surface area contributed by atoms with Crippen LogP contribution in [0.2, 0.25) is 0 Å². The van der Waals surface area contributed by atoms with Gasteiger partial charge < -0.3 is 10.6 Å². The third-order valence-electron chi connectivity index (χ3n) is 2.61. The summed E-state index contributed by atoms with van der Waals surface area (Å²) >= 11 is 0. The highest BCUT2D eigenvalue weighted by atomic mass is 15.2. The number of rotatable bonds is 0. The molecule has 0 amide bonds. The molecule has 0 aromatic heterocycles. The summed E-state index contributed by atoms with van der Waals surface area (Å²) in [5, 5.41) is 0. The summed E-state index contributed by atoms with van der Waals surface area (Å²) in [5.41, 5.74) is 6.28. The minimum Gasteiger partial charge on any atom is -0.324 e. The Morgan fingerprint density at radius 2 is 2.11 bits per heavy atom. The lowest BCUT2D eigenvalue weighted by Gasteiger charge is -2.29. The quantitative estimate of drug-likeness (QED) is 0.502. The van der Waals surface area contributed by atoms with Crippen LogP contribution in [0.5, 0.6) is 0 Å². The van der Waals surface area contributed by atoms with Gasteiger partial charge in [0.05, 0.1) is 0 Å². The standard InChI is InChI=1S/C7H14N2/c8-7-2-1-4-9(6-7)5-3-7/h1-6,8H2. The van der Waals surface area contributed by atoms with E-state index in [1.54, 1.807) is 0 Å². The van der Waals surface area contributed by atoms with Gasteiger partial charge in [0.15, 0.2) is 0 Å². The summed E-state index contributed by atoms with van der Waals surface area (Å²) in [6.07, 6.45) is 3.80. The molecule has 2 N–H and O–H groups in total. The molecule has 2 atom stereocenters. The molecule has 2 unspecified atom stereocenters. The van der Waals surface area contributed by atoms with Crippen LogP contribution < -0.4 is 5.73 Å². The van der Waals surface area contributed by atoms with Crippen molar-refractivity contribution < 1.29 is 0 Å². The van der Waals surface area contributed by atoms with Gasteiger partial charge in [-0.05, 0) is 25.8 Å². The molecule has 0 saturated carbocycles. The molecule has 0 radical (unpaired) electrons. The number of hydrogen-bond acceptors (Lipinski definition) is 2. The molecule has 0 spiro atoms. The second kappa shape index (κ2) is 1.70. The molecule has 52 valence electrons. The van der Waals surface area contributed by atoms with Gasteiger partial charge >= 0.3 is 0 Å². The van der Waals surface area contributed by atoms with Crippen molar-refractivity contribution in [3.63, 3.8) is 0 Å². The SMILES string of the molecule is NC12CCCN(CC1)C2. The first kappa shape index (κ1) is 5.69. The Morgan fingerprint density at radius 1 is 1.22 bits per heavy atom. The van der Waals surface area contributed by atoms with Gasteiger partial charge in [-0.25, -0.2) is 0 Å². The third kappa shape index (κ3) is 0.864. The van der Waals surface area contributed by atoms with E-state index in [0.717, 1.165) is 6.54 Å². The summed E-state index contributed by atoms with van der Waals surface area (Å²) in [5.74, 6) is 0. The summed E-state index contributed by atoms with van der Waals surface area (Å²) in [6, 6.07) is 0. The van der Waals surface area contributed by atoms with Crippen LogP contribution in [0, 0.1) is 0 Å². The van der Waals surface area contributed by atoms with Gasteiger partial charge in [0.1, 0.15) is 0 Å². The Kier molecular flexibility index (Phi) is 1.08. The number of fused-ring (bicyclic) bond motifs is 2. The van der Waals surface area contributed by atoms with E-state index in [2.05, 4.69) is 4.90 Å². The Morgan fingerprint density at radius 3 is 2.78 bits per heavy atom. The van der Waals surface area contributed by atoms with Crippen molar-refractivity contribution >= 4 is 0 Å². The Balaban J connectivity index is 2.13. The number of nitrogens with zero attached hydrogens (tertiary/aromatic N) is 1. The first-order valence-electron chi connectivity index (χ1n) is 3.80. The van der Waals surface area contributed by atoms with Crippen molar-refractivity contribution in [3.8, 4) is 0 Å². The second-order valence-corrected chi connectivity index (χ2v) is 3.49. The third-order valence-corrected chi connectivity index (χ3v) is 2.61. The highest BCUT2D eigenvalue weighted by Crippen LogP contribution is 2.28. The van der Waals surface area contributed by atoms with Crippen molar-refractivity contribution in [2.45, 2.75) is 24.8 Å². The largest absolute Gasteiger partial charge is 0.324 e. The van der Waals surface area contributed by atoms with Gasteiger partial charge in [-0.15, -0.1) is 0 Å². The van der Waals surface area contributed by atoms with Crippen molar-refractivity contribution in [2.24, 2.45) is 5.73 Å². The first-order chi connectivity index (χ1) is 4.29. The Hall–Kier alpha value is -0.0800. The maximum absolute atomic E-state index is 6.06. The van der Waals surface area contributed by atoms with Crippen LogP contribution in [0.4, 0.5) is 0 Å². The monoisotopic (exact) mass is 126 g/mol. The van der Waals surface area contributed by atoms with Crippen LogP contribution >= 0.6 is 0 Å². The van der Waals surface area contributed by atoms with Crippen LogP contribution in [0.1, 0.15) is 19.3 Å². The normalized spacial score (nSPS) is 49.7. The molecule has 2 nitrogen and oxygen atoms in total. The minimum atomic E-state index is 0.220. The van der Waals surface area contributed by atoms with Crippen molar-refractivity contribution in [1.82, 2.24) is 4.90 Å². The van der Waals surface area contributed by atoms with E-state index in [1.807, 2.05) is 0 Å². The van der Waals surface area contributed by atoms with Crippen molar-refractivity contribution in [1.29, 1.82) is 0 Å². The van der Waals surface area contributed by atoms with Gasteiger partial charge in [-0.1, -0.05) is 0 Å². The highest BCUT2D eigenvalue weighted by molar-refractivity contribution is 4.97. The number of nitrogens with two attached hydrogens (primary N) is 1. The average molecular weight is 126 g/mol. The van der Waals surface area contributed by atoms with Gasteiger partial charge in [0.2, 0.25) is 0 Å². The number of piperidine rings is 1. The van der Waals surface area contributed by atoms with Crippen LogP contribution in [0.15, 0.2) is 0 Å². The lowest BCUT2D eigenvalue weighted by molar-refractivity contribution is 0.246. The van der Waals surface area contributed by atoms with E-state index in [0.29, 0.717) is 0 Å². The fourth-order valence-corrected chi connectivity index (χ4v) is 2.03. The minimum absolute atomic E-state index is 0.220. The van der Waals surface area contributed by atoms with E-state index in [-0.39, 0.29) is 5.54 Å². The topological polar surface area (TPSA) is 29.3 Å². The molecule has 2 rings (SSSR count). The van der Waals surface area contributed by atoms with E-state index >= 15 is 0 Å². The van der Waals surface area contributed by atoms with Crippen LogP contribution in [-0.2, 0) is 0 Å². The van der Waals surface area contributed by atoms with Crippen molar-refractivity contribution in [3.05, 3.63) is 0 Å². The molecule has 2 aliphatic rings. The zero-order valence-corrected chi connectivity index (χ0v) is 5.77. The predicted molar refractivity (Wildman–Crippen MR) is 37.2 cm³/mol. The first-order valence-corrected chi connectivity index (χ1v) is 3.80. The molecule has 0 aromatic carbocycles. The van der Waals surface area contributed by atoms with Crippen molar-refractivity contribution in [2.75, 3.05) is 19.6 Å². The maximum atomic E-state index is 6.06. The van der Waals surface area contributed by atoms with Gasteiger partial charge in [-0.3, -0.25) is 0 Å². The predicted octanol–water partition coefficient (Wildman–Crippen LogP) is 0.183. The molecule has 2 bridgehead atoms. The molecule has 0 aliphatic carbocycles. The van der Waals surface area contributed by atoms with E-state index in [9.17, 15) is 0 Å². The van der Waals surface area contributed by atoms with Crippen LogP contribution in [0.25, 0.3) is 0 Å². The van der Waals surface area contributed by atoms with Crippen LogP contribution in [0.3, 0.4) is 0 Å². The molecule has 2 aliphatic heterocycles. The second-order valence-electron chi connectivity index (χ2n) is 3.49. The van der Waals surface area contributed by atoms with Gasteiger partial charge in [-0.2, -0.15) is 0 Å². The summed E-state index contributed by atoms with van der Waals surface area (Å²) < 4.78 is 0. The zero-order valence-electron chi connectivity index (χ0n) is 5.77. The number of hydrogen-bond donors (Lipinski definition) is 1. The van der Waals surface area contributed by atoms with E-state index in [4.69, 9.17) is 5.73 Å². The lowest BCUT2D eigenvalue weighted by atomic mass is 9.92. The van der Waals surface area contributed by atoms with Gasteiger partial charge in [0.25, 0.3) is 0 Å². The summed E-state index contributed by atoms with van der Waals surface area (Å²) in [6.45, 7) is 3.70. The molecule has 9 heavy (non-hydrogen) atoms. The highest BCUT2D eigenvalue weighted by Gasteiger charge is 2.36. The summed E-state index contributed by atoms with van der Waals surface area (Å²) in [4.78, 5) is 2.48. The molecule has 0 aromatic rings. The van der Waals surface area contributed by atoms with E-state index < -0.39 is 0 Å². The molecule has 2 fully saturated rings. The summed E-state index contributed by atoms with van der Waals surface area (Å²) in [7, 11) is 0. The zero-order chi connectivity index (χ0) is 6.32.